The molecule has 0 spiro atoms. The quantitative estimate of drug-likeness (QED) is 0.521. The zero-order chi connectivity index (χ0) is 22.7. The minimum absolute atomic E-state index is 0.0277. The first-order valence-electron chi connectivity index (χ1n) is 11.1. The van der Waals surface area contributed by atoms with Crippen molar-refractivity contribution in [2.75, 3.05) is 6.61 Å². The molecule has 0 aromatic rings. The fourth-order valence-electron chi connectivity index (χ4n) is 3.18. The van der Waals surface area contributed by atoms with Crippen LogP contribution in [0.15, 0.2) is 0 Å². The van der Waals surface area contributed by atoms with Crippen LogP contribution in [0.3, 0.4) is 0 Å². The van der Waals surface area contributed by atoms with Gasteiger partial charge in [-0.2, -0.15) is 0 Å². The molecular formula is C21H44B2O5Si. The van der Waals surface area contributed by atoms with E-state index < -0.39 is 8.32 Å². The van der Waals surface area contributed by atoms with Gasteiger partial charge in [-0.1, -0.05) is 20.8 Å². The van der Waals surface area contributed by atoms with Gasteiger partial charge in [0.2, 0.25) is 0 Å². The maximum Gasteiger partial charge on any atom is 0.462 e. The number of hydrogen-bond donors (Lipinski definition) is 0. The lowest BCUT2D eigenvalue weighted by atomic mass is 9.61. The van der Waals surface area contributed by atoms with Gasteiger partial charge in [-0.05, 0) is 79.8 Å². The van der Waals surface area contributed by atoms with Crippen LogP contribution < -0.4 is 0 Å². The summed E-state index contributed by atoms with van der Waals surface area (Å²) < 4.78 is 31.9. The summed E-state index contributed by atoms with van der Waals surface area (Å²) in [4.78, 5) is 0. The molecule has 2 rings (SSSR count). The number of rotatable bonds is 6. The molecule has 2 fully saturated rings. The molecule has 29 heavy (non-hydrogen) atoms. The van der Waals surface area contributed by atoms with Crippen molar-refractivity contribution in [1.29, 1.82) is 0 Å². The fraction of sp³-hybridized carbons (Fsp3) is 1.00. The van der Waals surface area contributed by atoms with Crippen molar-refractivity contribution in [3.63, 3.8) is 0 Å². The van der Waals surface area contributed by atoms with E-state index in [0.29, 0.717) is 12.9 Å². The van der Waals surface area contributed by atoms with E-state index >= 15 is 0 Å². The Morgan fingerprint density at radius 1 is 0.759 bits per heavy atom. The minimum Gasteiger partial charge on any atom is -0.417 e. The third-order valence-corrected chi connectivity index (χ3v) is 12.4. The summed E-state index contributed by atoms with van der Waals surface area (Å²) in [6.07, 6.45) is 0.679. The van der Waals surface area contributed by atoms with Crippen LogP contribution in [0.2, 0.25) is 30.3 Å². The minimum atomic E-state index is -1.90. The number of hydrogen-bond acceptors (Lipinski definition) is 5. The van der Waals surface area contributed by atoms with E-state index in [0.717, 1.165) is 0 Å². The standard InChI is InChI=1S/C21H44B2O5Si/c1-17(2,3)29(12,13)24-15-16(23-27-20(8,9)21(10,11)28-23)14-22-25-18(4,5)19(6,7)26-22/h16H,14-15H2,1-13H3. The third kappa shape index (κ3) is 5.15. The summed E-state index contributed by atoms with van der Waals surface area (Å²) in [5.74, 6) is 0.0277. The summed E-state index contributed by atoms with van der Waals surface area (Å²) in [6, 6.07) is 0. The van der Waals surface area contributed by atoms with Gasteiger partial charge in [-0.25, -0.2) is 0 Å². The molecule has 0 N–H and O–H groups in total. The van der Waals surface area contributed by atoms with E-state index in [1.54, 1.807) is 0 Å². The highest BCUT2D eigenvalue weighted by Gasteiger charge is 2.57. The van der Waals surface area contributed by atoms with Gasteiger partial charge < -0.3 is 23.0 Å². The Morgan fingerprint density at radius 2 is 1.14 bits per heavy atom. The Bertz CT molecular complexity index is 566. The van der Waals surface area contributed by atoms with E-state index in [2.05, 4.69) is 89.3 Å². The fourth-order valence-corrected chi connectivity index (χ4v) is 4.24. The maximum absolute atomic E-state index is 6.59. The van der Waals surface area contributed by atoms with E-state index in [1.165, 1.54) is 0 Å². The molecule has 0 saturated carbocycles. The van der Waals surface area contributed by atoms with E-state index in [-0.39, 0.29) is 47.5 Å². The van der Waals surface area contributed by atoms with Gasteiger partial charge in [0.15, 0.2) is 8.32 Å². The second-order valence-corrected chi connectivity index (χ2v) is 17.2. The Balaban J connectivity index is 2.19. The van der Waals surface area contributed by atoms with Crippen LogP contribution in [-0.2, 0) is 23.0 Å². The topological polar surface area (TPSA) is 46.2 Å². The molecule has 168 valence electrons. The van der Waals surface area contributed by atoms with Crippen LogP contribution in [0.4, 0.5) is 0 Å². The first-order valence-corrected chi connectivity index (χ1v) is 14.0. The van der Waals surface area contributed by atoms with Crippen LogP contribution in [0.25, 0.3) is 0 Å². The Labute approximate surface area is 181 Å². The Hall–Kier alpha value is 0.147. The van der Waals surface area contributed by atoms with Gasteiger partial charge >= 0.3 is 14.2 Å². The summed E-state index contributed by atoms with van der Waals surface area (Å²) in [6.45, 7) is 28.6. The van der Waals surface area contributed by atoms with Gasteiger partial charge in [0.05, 0.1) is 22.4 Å². The molecule has 0 bridgehead atoms. The van der Waals surface area contributed by atoms with E-state index in [9.17, 15) is 0 Å². The summed E-state index contributed by atoms with van der Waals surface area (Å²) >= 11 is 0. The van der Waals surface area contributed by atoms with Crippen molar-refractivity contribution < 1.29 is 23.0 Å². The average Bonchev–Trinajstić information content (AvgIpc) is 2.81. The molecule has 2 aliphatic rings. The highest BCUT2D eigenvalue weighted by Crippen LogP contribution is 2.45. The molecule has 0 aliphatic carbocycles. The molecule has 0 amide bonds. The zero-order valence-corrected chi connectivity index (χ0v) is 22.2. The molecule has 2 saturated heterocycles. The Kier molecular flexibility index (Phi) is 6.68. The third-order valence-electron chi connectivity index (χ3n) is 7.92. The monoisotopic (exact) mass is 426 g/mol. The van der Waals surface area contributed by atoms with Gasteiger partial charge in [0.1, 0.15) is 0 Å². The lowest BCUT2D eigenvalue weighted by Gasteiger charge is -2.37. The maximum atomic E-state index is 6.59. The van der Waals surface area contributed by atoms with Crippen molar-refractivity contribution in [1.82, 2.24) is 0 Å². The summed E-state index contributed by atoms with van der Waals surface area (Å²) in [5.41, 5.74) is -1.44. The van der Waals surface area contributed by atoms with Crippen molar-refractivity contribution in [2.45, 2.75) is 129 Å². The molecule has 0 aromatic carbocycles. The van der Waals surface area contributed by atoms with Gasteiger partial charge in [0.25, 0.3) is 0 Å². The molecule has 8 heteroatoms. The smallest absolute Gasteiger partial charge is 0.417 e. The molecule has 5 nitrogen and oxygen atoms in total. The largest absolute Gasteiger partial charge is 0.462 e. The van der Waals surface area contributed by atoms with Crippen LogP contribution in [-0.4, -0.2) is 51.6 Å². The first kappa shape index (κ1) is 25.4. The van der Waals surface area contributed by atoms with Crippen LogP contribution in [0, 0.1) is 0 Å². The lowest BCUT2D eigenvalue weighted by molar-refractivity contribution is 0.00578. The molecule has 1 atom stereocenters. The SMILES string of the molecule is CC1(C)OB(CC(CO[Si](C)(C)C(C)(C)C)B2OC(C)(C)C(C)(C)O2)OC1(C)C. The van der Waals surface area contributed by atoms with E-state index in [1.807, 2.05) is 0 Å². The van der Waals surface area contributed by atoms with Crippen LogP contribution in [0.5, 0.6) is 0 Å². The van der Waals surface area contributed by atoms with Crippen LogP contribution in [0.1, 0.15) is 76.2 Å². The second kappa shape index (κ2) is 7.63. The zero-order valence-electron chi connectivity index (χ0n) is 21.2. The normalized spacial score (nSPS) is 26.8. The summed E-state index contributed by atoms with van der Waals surface area (Å²) in [5, 5.41) is 0.151. The van der Waals surface area contributed by atoms with Gasteiger partial charge in [-0.3, -0.25) is 0 Å². The molecule has 0 aromatic heterocycles. The average molecular weight is 426 g/mol. The predicted octanol–water partition coefficient (Wildman–Crippen LogP) is 5.56. The molecular weight excluding hydrogens is 382 g/mol. The summed E-state index contributed by atoms with van der Waals surface area (Å²) in [7, 11) is -2.54. The molecule has 1 unspecified atom stereocenters. The Morgan fingerprint density at radius 3 is 1.52 bits per heavy atom. The molecule has 0 radical (unpaired) electrons. The van der Waals surface area contributed by atoms with Crippen molar-refractivity contribution in [3.8, 4) is 0 Å². The first-order chi connectivity index (χ1) is 12.7. The van der Waals surface area contributed by atoms with Crippen LogP contribution >= 0.6 is 0 Å². The lowest BCUT2D eigenvalue weighted by Crippen LogP contribution is -2.43. The molecule has 2 heterocycles. The highest BCUT2D eigenvalue weighted by molar-refractivity contribution is 6.74. The van der Waals surface area contributed by atoms with Gasteiger partial charge in [-0.15, -0.1) is 0 Å². The highest BCUT2D eigenvalue weighted by atomic mass is 28.4. The van der Waals surface area contributed by atoms with Crippen molar-refractivity contribution >= 4 is 22.6 Å². The van der Waals surface area contributed by atoms with Gasteiger partial charge in [0, 0.05) is 12.4 Å². The second-order valence-electron chi connectivity index (χ2n) is 12.4. The van der Waals surface area contributed by atoms with E-state index in [4.69, 9.17) is 23.0 Å². The predicted molar refractivity (Wildman–Crippen MR) is 124 cm³/mol. The molecule has 2 aliphatic heterocycles. The van der Waals surface area contributed by atoms with Crippen molar-refractivity contribution in [2.24, 2.45) is 0 Å². The van der Waals surface area contributed by atoms with Crippen molar-refractivity contribution in [3.05, 3.63) is 0 Å².